The van der Waals surface area contributed by atoms with Crippen LogP contribution in [0.5, 0.6) is 0 Å². The summed E-state index contributed by atoms with van der Waals surface area (Å²) in [6.45, 7) is 8.61. The molecule has 0 saturated heterocycles. The van der Waals surface area contributed by atoms with Crippen LogP contribution in [0.4, 0.5) is 0 Å². The molecule has 0 aliphatic heterocycles. The monoisotopic (exact) mass is 452 g/mol. The number of nitrogens with zero attached hydrogens (tertiary/aromatic N) is 3. The number of aliphatic hydroxyl groups is 1. The molecule has 0 aliphatic carbocycles. The summed E-state index contributed by atoms with van der Waals surface area (Å²) in [5.41, 5.74) is 7.66. The molecule has 0 bridgehead atoms. The van der Waals surface area contributed by atoms with Crippen LogP contribution < -0.4 is 5.73 Å². The summed E-state index contributed by atoms with van der Waals surface area (Å²) in [5, 5.41) is 18.5. The Kier molecular flexibility index (Phi) is 11.3. The Morgan fingerprint density at radius 1 is 1.06 bits per heavy atom. The molecule has 10 heteroatoms. The van der Waals surface area contributed by atoms with Crippen LogP contribution in [0, 0.1) is 0 Å². The van der Waals surface area contributed by atoms with E-state index in [2.05, 4.69) is 10.3 Å². The predicted octanol–water partition coefficient (Wildman–Crippen LogP) is 2.29. The largest absolute Gasteiger partial charge is 0.500 e. The zero-order valence-corrected chi connectivity index (χ0v) is 19.8. The van der Waals surface area contributed by atoms with Crippen molar-refractivity contribution in [2.45, 2.75) is 58.5 Å². The molecular formula is C21H36N4O5Si. The van der Waals surface area contributed by atoms with Gasteiger partial charge in [0.1, 0.15) is 5.69 Å². The quantitative estimate of drug-likeness (QED) is 0.373. The maximum Gasteiger partial charge on any atom is 0.500 e. The van der Waals surface area contributed by atoms with E-state index in [9.17, 15) is 5.11 Å². The summed E-state index contributed by atoms with van der Waals surface area (Å²) < 4.78 is 25.0. The molecule has 2 aromatic rings. The van der Waals surface area contributed by atoms with Crippen molar-refractivity contribution in [3.05, 3.63) is 47.8 Å². The van der Waals surface area contributed by atoms with E-state index >= 15 is 0 Å². The summed E-state index contributed by atoms with van der Waals surface area (Å²) in [6.07, 6.45) is 1.85. The Morgan fingerprint density at radius 3 is 2.32 bits per heavy atom. The van der Waals surface area contributed by atoms with Gasteiger partial charge in [-0.1, -0.05) is 35.5 Å². The molecule has 0 saturated carbocycles. The van der Waals surface area contributed by atoms with E-state index in [0.29, 0.717) is 32.1 Å². The van der Waals surface area contributed by atoms with Gasteiger partial charge in [-0.05, 0) is 32.8 Å². The van der Waals surface area contributed by atoms with Crippen molar-refractivity contribution < 1.29 is 23.1 Å². The first-order valence-corrected chi connectivity index (χ1v) is 12.8. The lowest BCUT2D eigenvalue weighted by Gasteiger charge is -2.28. The second-order valence-electron chi connectivity index (χ2n) is 7.08. The highest BCUT2D eigenvalue weighted by atomic mass is 28.4. The van der Waals surface area contributed by atoms with Crippen molar-refractivity contribution in [3.8, 4) is 0 Å². The standard InChI is InChI=1S/C21H36N4O5Si/c1-4-28-31(29-5-2,30-6-3)14-10-13-25-15-19(23-24-25)16-27-17-20(26)21(22)18-11-8-7-9-12-18/h7-9,11-12,15,20-21,26H,4-6,10,13-14,16-17,22H2,1-3H3. The van der Waals surface area contributed by atoms with Gasteiger partial charge in [0.25, 0.3) is 0 Å². The van der Waals surface area contributed by atoms with E-state index in [4.69, 9.17) is 23.7 Å². The van der Waals surface area contributed by atoms with Gasteiger partial charge in [0.05, 0.1) is 31.6 Å². The van der Waals surface area contributed by atoms with Crippen LogP contribution in [0.25, 0.3) is 0 Å². The minimum atomic E-state index is -2.64. The van der Waals surface area contributed by atoms with Gasteiger partial charge in [0.15, 0.2) is 0 Å². The van der Waals surface area contributed by atoms with E-state index in [1.165, 1.54) is 0 Å². The summed E-state index contributed by atoms with van der Waals surface area (Å²) in [6, 6.07) is 9.70. The van der Waals surface area contributed by atoms with Gasteiger partial charge >= 0.3 is 8.80 Å². The number of nitrogens with two attached hydrogens (primary N) is 1. The molecule has 1 aromatic heterocycles. The van der Waals surface area contributed by atoms with Crippen LogP contribution >= 0.6 is 0 Å². The smallest absolute Gasteiger partial charge is 0.389 e. The number of aliphatic hydroxyl groups excluding tert-OH is 1. The highest BCUT2D eigenvalue weighted by Gasteiger charge is 2.39. The lowest BCUT2D eigenvalue weighted by atomic mass is 10.0. The molecule has 2 rings (SSSR count). The first-order chi connectivity index (χ1) is 15.0. The Balaban J connectivity index is 1.76. The van der Waals surface area contributed by atoms with Crippen molar-refractivity contribution >= 4 is 8.80 Å². The third-order valence-corrected chi connectivity index (χ3v) is 7.84. The molecule has 1 heterocycles. The predicted molar refractivity (Wildman–Crippen MR) is 119 cm³/mol. The summed E-state index contributed by atoms with van der Waals surface area (Å²) >= 11 is 0. The maximum atomic E-state index is 10.3. The average Bonchev–Trinajstić information content (AvgIpc) is 3.22. The van der Waals surface area contributed by atoms with Crippen molar-refractivity contribution in [3.63, 3.8) is 0 Å². The summed E-state index contributed by atoms with van der Waals surface area (Å²) in [7, 11) is -2.64. The topological polar surface area (TPSA) is 114 Å². The molecule has 0 spiro atoms. The van der Waals surface area contributed by atoms with E-state index in [-0.39, 0.29) is 13.2 Å². The van der Waals surface area contributed by atoms with Crippen LogP contribution in [0.1, 0.15) is 44.5 Å². The molecule has 3 N–H and O–H groups in total. The van der Waals surface area contributed by atoms with Crippen LogP contribution in [0.2, 0.25) is 6.04 Å². The van der Waals surface area contributed by atoms with Gasteiger partial charge in [0.2, 0.25) is 0 Å². The normalized spacial score (nSPS) is 14.0. The van der Waals surface area contributed by atoms with E-state index < -0.39 is 21.0 Å². The van der Waals surface area contributed by atoms with Crippen molar-refractivity contribution in [2.75, 3.05) is 26.4 Å². The highest BCUT2D eigenvalue weighted by Crippen LogP contribution is 2.19. The number of rotatable bonds is 16. The van der Waals surface area contributed by atoms with Crippen LogP contribution in [-0.4, -0.2) is 61.4 Å². The molecule has 174 valence electrons. The average molecular weight is 453 g/mol. The minimum Gasteiger partial charge on any atom is -0.389 e. The number of hydrogen-bond donors (Lipinski definition) is 2. The minimum absolute atomic E-state index is 0.119. The van der Waals surface area contributed by atoms with Crippen molar-refractivity contribution in [1.82, 2.24) is 15.0 Å². The van der Waals surface area contributed by atoms with Crippen molar-refractivity contribution in [2.24, 2.45) is 5.73 Å². The fourth-order valence-electron chi connectivity index (χ4n) is 3.26. The molecule has 31 heavy (non-hydrogen) atoms. The Morgan fingerprint density at radius 2 is 1.71 bits per heavy atom. The molecule has 0 amide bonds. The molecule has 2 atom stereocenters. The van der Waals surface area contributed by atoms with Gasteiger partial charge in [-0.25, -0.2) is 0 Å². The molecular weight excluding hydrogens is 416 g/mol. The number of aromatic nitrogens is 3. The van der Waals surface area contributed by atoms with Gasteiger partial charge in [-0.15, -0.1) is 5.10 Å². The van der Waals surface area contributed by atoms with E-state index in [1.807, 2.05) is 57.3 Å². The first kappa shape index (κ1) is 25.6. The van der Waals surface area contributed by atoms with Crippen molar-refractivity contribution in [1.29, 1.82) is 0 Å². The Bertz CT molecular complexity index is 717. The highest BCUT2D eigenvalue weighted by molar-refractivity contribution is 6.60. The lowest BCUT2D eigenvalue weighted by Crippen LogP contribution is -2.46. The summed E-state index contributed by atoms with van der Waals surface area (Å²) in [5.74, 6) is 0. The fraction of sp³-hybridized carbons (Fsp3) is 0.619. The van der Waals surface area contributed by atoms with Crippen LogP contribution in [0.3, 0.4) is 0 Å². The number of aryl methyl sites for hydroxylation is 1. The number of benzene rings is 1. The third kappa shape index (κ3) is 8.41. The van der Waals surface area contributed by atoms with Crippen LogP contribution in [0.15, 0.2) is 36.5 Å². The second-order valence-corrected chi connectivity index (χ2v) is 9.81. The number of hydrogen-bond acceptors (Lipinski definition) is 8. The number of ether oxygens (including phenoxy) is 1. The van der Waals surface area contributed by atoms with Gasteiger partial charge in [-0.2, -0.15) is 0 Å². The molecule has 0 fully saturated rings. The first-order valence-electron chi connectivity index (χ1n) is 10.9. The Labute approximate surface area is 185 Å². The zero-order chi connectivity index (χ0) is 22.5. The fourth-order valence-corrected chi connectivity index (χ4v) is 5.85. The molecule has 9 nitrogen and oxygen atoms in total. The van der Waals surface area contributed by atoms with E-state index in [0.717, 1.165) is 18.0 Å². The lowest BCUT2D eigenvalue weighted by molar-refractivity contribution is 0.0145. The SMILES string of the molecule is CCO[Si](CCCn1cc(COCC(O)C(N)c2ccccc2)nn1)(OCC)OCC. The second kappa shape index (κ2) is 13.7. The third-order valence-electron chi connectivity index (χ3n) is 4.69. The molecule has 1 aromatic carbocycles. The Hall–Kier alpha value is -1.66. The van der Waals surface area contributed by atoms with Gasteiger partial charge in [0, 0.05) is 32.4 Å². The van der Waals surface area contributed by atoms with Crippen LogP contribution in [-0.2, 0) is 31.2 Å². The zero-order valence-electron chi connectivity index (χ0n) is 18.8. The van der Waals surface area contributed by atoms with Gasteiger partial charge in [-0.3, -0.25) is 4.68 Å². The van der Waals surface area contributed by atoms with Gasteiger partial charge < -0.3 is 28.9 Å². The molecule has 0 aliphatic rings. The summed E-state index contributed by atoms with van der Waals surface area (Å²) in [4.78, 5) is 0. The maximum absolute atomic E-state index is 10.3. The molecule has 0 radical (unpaired) electrons. The molecule has 2 unspecified atom stereocenters. The van der Waals surface area contributed by atoms with E-state index in [1.54, 1.807) is 4.68 Å².